The molecule has 44 heavy (non-hydrogen) atoms. The van der Waals surface area contributed by atoms with Crippen molar-refractivity contribution in [3.63, 3.8) is 0 Å². The van der Waals surface area contributed by atoms with Gasteiger partial charge in [-0.25, -0.2) is 5.43 Å². The van der Waals surface area contributed by atoms with Crippen LogP contribution >= 0.6 is 23.2 Å². The molecule has 10 heteroatoms. The summed E-state index contributed by atoms with van der Waals surface area (Å²) < 4.78 is 17.5. The van der Waals surface area contributed by atoms with Crippen LogP contribution in [0.25, 0.3) is 0 Å². The normalized spacial score (nSPS) is 12.3. The first-order chi connectivity index (χ1) is 21.3. The van der Waals surface area contributed by atoms with Crippen molar-refractivity contribution in [2.75, 3.05) is 6.61 Å². The summed E-state index contributed by atoms with van der Waals surface area (Å²) >= 11 is 12.1. The Hall–Kier alpha value is -4.53. The minimum Gasteiger partial charge on any atom is -0.490 e. The van der Waals surface area contributed by atoms with Crippen molar-refractivity contribution in [3.8, 4) is 17.2 Å². The van der Waals surface area contributed by atoms with Gasteiger partial charge < -0.3 is 19.5 Å². The number of ether oxygens (including phenoxy) is 3. The Kier molecular flexibility index (Phi) is 12.0. The molecular weight excluding hydrogens is 601 g/mol. The van der Waals surface area contributed by atoms with Crippen LogP contribution in [0.1, 0.15) is 30.5 Å². The van der Waals surface area contributed by atoms with Crippen LogP contribution in [-0.2, 0) is 22.6 Å². The quantitative estimate of drug-likeness (QED) is 0.120. The molecular formula is C34H33Cl2N3O5. The number of rotatable bonds is 14. The molecule has 4 rings (SSSR count). The third-order valence-electron chi connectivity index (χ3n) is 6.38. The van der Waals surface area contributed by atoms with Crippen molar-refractivity contribution in [3.05, 3.63) is 124 Å². The number of hydrazone groups is 1. The zero-order valence-electron chi connectivity index (χ0n) is 24.3. The lowest BCUT2D eigenvalue weighted by Crippen LogP contribution is -2.50. The second-order valence-electron chi connectivity index (χ2n) is 9.73. The molecule has 0 saturated carbocycles. The molecule has 228 valence electrons. The first kappa shape index (κ1) is 32.4. The SMILES string of the molecule is CCOc1cc(/C=N\NC(=O)[C@@H](Cc2ccccc2)NC(=O)[C@H](C)Oc2ccc(Cl)cc2Cl)ccc1OCc1ccccc1. The van der Waals surface area contributed by atoms with Gasteiger partial charge in [0.1, 0.15) is 18.4 Å². The summed E-state index contributed by atoms with van der Waals surface area (Å²) in [5, 5.41) is 7.62. The van der Waals surface area contributed by atoms with Crippen LogP contribution in [0.2, 0.25) is 10.0 Å². The van der Waals surface area contributed by atoms with E-state index in [2.05, 4.69) is 15.8 Å². The van der Waals surface area contributed by atoms with Gasteiger partial charge in [-0.1, -0.05) is 83.9 Å². The van der Waals surface area contributed by atoms with Gasteiger partial charge in [-0.15, -0.1) is 0 Å². The number of carbonyl (C=O) groups excluding carboxylic acids is 2. The van der Waals surface area contributed by atoms with Gasteiger partial charge in [-0.2, -0.15) is 5.10 Å². The molecule has 4 aromatic carbocycles. The molecule has 2 atom stereocenters. The van der Waals surface area contributed by atoms with Crippen LogP contribution in [0, 0.1) is 0 Å². The van der Waals surface area contributed by atoms with Gasteiger partial charge in [0.25, 0.3) is 11.8 Å². The number of benzene rings is 4. The molecule has 0 spiro atoms. The van der Waals surface area contributed by atoms with Gasteiger partial charge >= 0.3 is 0 Å². The highest BCUT2D eigenvalue weighted by Crippen LogP contribution is 2.29. The largest absolute Gasteiger partial charge is 0.490 e. The molecule has 4 aromatic rings. The summed E-state index contributed by atoms with van der Waals surface area (Å²) in [7, 11) is 0. The maximum Gasteiger partial charge on any atom is 0.262 e. The number of amides is 2. The highest BCUT2D eigenvalue weighted by molar-refractivity contribution is 6.35. The smallest absolute Gasteiger partial charge is 0.262 e. The van der Waals surface area contributed by atoms with Gasteiger partial charge in [0, 0.05) is 11.4 Å². The molecule has 0 saturated heterocycles. The van der Waals surface area contributed by atoms with E-state index in [1.54, 1.807) is 31.2 Å². The molecule has 0 fully saturated rings. The Morgan fingerprint density at radius 1 is 0.818 bits per heavy atom. The summed E-state index contributed by atoms with van der Waals surface area (Å²) in [6, 6.07) is 28.4. The van der Waals surface area contributed by atoms with Gasteiger partial charge in [0.15, 0.2) is 17.6 Å². The fourth-order valence-corrected chi connectivity index (χ4v) is 4.59. The first-order valence-electron chi connectivity index (χ1n) is 14.0. The Morgan fingerprint density at radius 3 is 2.18 bits per heavy atom. The number of carbonyl (C=O) groups is 2. The van der Waals surface area contributed by atoms with Crippen molar-refractivity contribution in [2.45, 2.75) is 39.0 Å². The average Bonchev–Trinajstić information content (AvgIpc) is 3.02. The summed E-state index contributed by atoms with van der Waals surface area (Å²) in [5.41, 5.74) is 5.12. The fourth-order valence-electron chi connectivity index (χ4n) is 4.14. The molecule has 0 radical (unpaired) electrons. The number of nitrogens with zero attached hydrogens (tertiary/aromatic N) is 1. The Morgan fingerprint density at radius 2 is 1.50 bits per heavy atom. The van der Waals surface area contributed by atoms with Crippen LogP contribution in [0.5, 0.6) is 17.2 Å². The molecule has 0 unspecified atom stereocenters. The van der Waals surface area contributed by atoms with Gasteiger partial charge in [-0.3, -0.25) is 9.59 Å². The van der Waals surface area contributed by atoms with Crippen molar-refractivity contribution in [1.82, 2.24) is 10.7 Å². The number of halogens is 2. The summed E-state index contributed by atoms with van der Waals surface area (Å²) in [5.74, 6) is 0.461. The van der Waals surface area contributed by atoms with E-state index in [4.69, 9.17) is 37.4 Å². The molecule has 0 aromatic heterocycles. The predicted molar refractivity (Wildman–Crippen MR) is 173 cm³/mol. The Balaban J connectivity index is 1.41. The van der Waals surface area contributed by atoms with E-state index in [0.717, 1.165) is 11.1 Å². The number of nitrogens with one attached hydrogen (secondary N) is 2. The summed E-state index contributed by atoms with van der Waals surface area (Å²) in [6.07, 6.45) is 0.796. The standard InChI is InChI=1S/C34H33Cl2N3O5/c1-3-42-32-19-26(14-16-31(32)43-22-25-12-8-5-9-13-25)21-37-39-34(41)29(18-24-10-6-4-7-11-24)38-33(40)23(2)44-30-17-15-27(35)20-28(30)36/h4-17,19-21,23,29H,3,18,22H2,1-2H3,(H,38,40)(H,39,41)/b37-21-/t23-,29+/m0/s1. The zero-order valence-corrected chi connectivity index (χ0v) is 25.8. The lowest BCUT2D eigenvalue weighted by atomic mass is 10.1. The van der Waals surface area contributed by atoms with Crippen LogP contribution in [-0.4, -0.2) is 36.8 Å². The lowest BCUT2D eigenvalue weighted by Gasteiger charge is -2.21. The monoisotopic (exact) mass is 633 g/mol. The fraction of sp³-hybridized carbons (Fsp3) is 0.206. The molecule has 2 amide bonds. The Bertz CT molecular complexity index is 1570. The van der Waals surface area contributed by atoms with E-state index >= 15 is 0 Å². The molecule has 0 bridgehead atoms. The van der Waals surface area contributed by atoms with Crippen LogP contribution < -0.4 is 25.0 Å². The highest BCUT2D eigenvalue weighted by atomic mass is 35.5. The van der Waals surface area contributed by atoms with Crippen molar-refractivity contribution in [2.24, 2.45) is 5.10 Å². The molecule has 0 aliphatic carbocycles. The van der Waals surface area contributed by atoms with Crippen LogP contribution in [0.3, 0.4) is 0 Å². The first-order valence-corrected chi connectivity index (χ1v) is 14.8. The number of hydrogen-bond donors (Lipinski definition) is 2. The lowest BCUT2D eigenvalue weighted by molar-refractivity contribution is -0.132. The van der Waals surface area contributed by atoms with Gasteiger partial charge in [0.05, 0.1) is 17.8 Å². The van der Waals surface area contributed by atoms with E-state index in [0.29, 0.717) is 41.0 Å². The van der Waals surface area contributed by atoms with E-state index in [1.807, 2.05) is 73.7 Å². The zero-order chi connectivity index (χ0) is 31.3. The van der Waals surface area contributed by atoms with Crippen LogP contribution in [0.15, 0.2) is 102 Å². The second kappa shape index (κ2) is 16.4. The maximum atomic E-state index is 13.2. The maximum absolute atomic E-state index is 13.2. The highest BCUT2D eigenvalue weighted by Gasteiger charge is 2.25. The summed E-state index contributed by atoms with van der Waals surface area (Å²) in [6.45, 7) is 4.31. The van der Waals surface area contributed by atoms with Crippen LogP contribution in [0.4, 0.5) is 0 Å². The molecule has 0 aliphatic heterocycles. The molecule has 0 heterocycles. The van der Waals surface area contributed by atoms with E-state index in [-0.39, 0.29) is 11.4 Å². The third kappa shape index (κ3) is 9.76. The van der Waals surface area contributed by atoms with Crippen molar-refractivity contribution in [1.29, 1.82) is 0 Å². The summed E-state index contributed by atoms with van der Waals surface area (Å²) in [4.78, 5) is 26.3. The second-order valence-corrected chi connectivity index (χ2v) is 10.6. The van der Waals surface area contributed by atoms with Gasteiger partial charge in [-0.05, 0) is 66.9 Å². The van der Waals surface area contributed by atoms with E-state index in [1.165, 1.54) is 12.3 Å². The van der Waals surface area contributed by atoms with E-state index < -0.39 is 24.0 Å². The minimum atomic E-state index is -0.942. The van der Waals surface area contributed by atoms with Crippen molar-refractivity contribution < 1.29 is 23.8 Å². The van der Waals surface area contributed by atoms with Crippen molar-refractivity contribution >= 4 is 41.2 Å². The number of hydrogen-bond acceptors (Lipinski definition) is 6. The average molecular weight is 635 g/mol. The minimum absolute atomic E-state index is 0.240. The predicted octanol–water partition coefficient (Wildman–Crippen LogP) is 6.62. The third-order valence-corrected chi connectivity index (χ3v) is 6.91. The molecule has 2 N–H and O–H groups in total. The topological polar surface area (TPSA) is 98.2 Å². The Labute approximate surface area is 266 Å². The molecule has 8 nitrogen and oxygen atoms in total. The van der Waals surface area contributed by atoms with E-state index in [9.17, 15) is 9.59 Å². The van der Waals surface area contributed by atoms with Gasteiger partial charge in [0.2, 0.25) is 0 Å². The molecule has 0 aliphatic rings.